The molecule has 1 unspecified atom stereocenters. The third-order valence-corrected chi connectivity index (χ3v) is 6.17. The Morgan fingerprint density at radius 3 is 2.37 bits per heavy atom. The zero-order chi connectivity index (χ0) is 22.5. The average Bonchev–Trinajstić information content (AvgIpc) is 2.69. The predicted molar refractivity (Wildman–Crippen MR) is 119 cm³/mol. The summed E-state index contributed by atoms with van der Waals surface area (Å²) >= 11 is 6.00. The summed E-state index contributed by atoms with van der Waals surface area (Å²) in [6.45, 7) is 3.25. The summed E-state index contributed by atoms with van der Waals surface area (Å²) in [5.41, 5.74) is 2.12. The molecule has 2 amide bonds. The first-order chi connectivity index (χ1) is 14.0. The second-order valence-electron chi connectivity index (χ2n) is 6.99. The predicted octanol–water partition coefficient (Wildman–Crippen LogP) is 2.58. The number of hydrogen-bond donors (Lipinski definition) is 1. The Morgan fingerprint density at radius 1 is 1.13 bits per heavy atom. The largest absolute Gasteiger partial charge is 0.357 e. The van der Waals surface area contributed by atoms with Gasteiger partial charge < -0.3 is 10.2 Å². The van der Waals surface area contributed by atoms with Crippen molar-refractivity contribution in [1.29, 1.82) is 0 Å². The fourth-order valence-electron chi connectivity index (χ4n) is 3.01. The van der Waals surface area contributed by atoms with Gasteiger partial charge in [-0.1, -0.05) is 41.9 Å². The highest BCUT2D eigenvalue weighted by molar-refractivity contribution is 7.92. The van der Waals surface area contributed by atoms with Gasteiger partial charge in [0, 0.05) is 18.6 Å². The smallest absolute Gasteiger partial charge is 0.244 e. The standard InChI is InChI=1S/C21H26ClN3O4S/c1-15-8-5-6-9-17(15)13-24(16(2)21(27)23-3)20(26)14-25(30(4,28)29)19-11-7-10-18(22)12-19/h5-12,16H,13-14H2,1-4H3,(H,23,27). The summed E-state index contributed by atoms with van der Waals surface area (Å²) in [5.74, 6) is -0.842. The van der Waals surface area contributed by atoms with Crippen molar-refractivity contribution >= 4 is 39.1 Å². The normalized spacial score (nSPS) is 12.2. The van der Waals surface area contributed by atoms with Crippen LogP contribution < -0.4 is 9.62 Å². The van der Waals surface area contributed by atoms with Crippen molar-refractivity contribution < 1.29 is 18.0 Å². The molecule has 0 aliphatic rings. The molecule has 0 aliphatic heterocycles. The molecule has 0 bridgehead atoms. The van der Waals surface area contributed by atoms with Crippen molar-refractivity contribution in [2.75, 3.05) is 24.2 Å². The van der Waals surface area contributed by atoms with Crippen molar-refractivity contribution in [3.63, 3.8) is 0 Å². The van der Waals surface area contributed by atoms with Gasteiger partial charge in [0.2, 0.25) is 21.8 Å². The van der Waals surface area contributed by atoms with Crippen LogP contribution in [-0.2, 0) is 26.2 Å². The number of benzene rings is 2. The first-order valence-electron chi connectivity index (χ1n) is 9.33. The van der Waals surface area contributed by atoms with E-state index in [1.807, 2.05) is 31.2 Å². The van der Waals surface area contributed by atoms with Crippen molar-refractivity contribution in [1.82, 2.24) is 10.2 Å². The van der Waals surface area contributed by atoms with E-state index in [0.29, 0.717) is 5.02 Å². The fourth-order valence-corrected chi connectivity index (χ4v) is 4.03. The molecule has 0 radical (unpaired) electrons. The van der Waals surface area contributed by atoms with E-state index in [1.54, 1.807) is 25.1 Å². The summed E-state index contributed by atoms with van der Waals surface area (Å²) in [6.07, 6.45) is 1.02. The number of nitrogens with zero attached hydrogens (tertiary/aromatic N) is 2. The monoisotopic (exact) mass is 451 g/mol. The van der Waals surface area contributed by atoms with Crippen LogP contribution >= 0.6 is 11.6 Å². The van der Waals surface area contributed by atoms with Gasteiger partial charge in [-0.15, -0.1) is 0 Å². The molecule has 7 nitrogen and oxygen atoms in total. The van der Waals surface area contributed by atoms with Crippen LogP contribution in [0.4, 0.5) is 5.69 Å². The van der Waals surface area contributed by atoms with Crippen LogP contribution in [0.5, 0.6) is 0 Å². The first-order valence-corrected chi connectivity index (χ1v) is 11.6. The van der Waals surface area contributed by atoms with Crippen molar-refractivity contribution in [3.8, 4) is 0 Å². The minimum absolute atomic E-state index is 0.174. The van der Waals surface area contributed by atoms with Gasteiger partial charge >= 0.3 is 0 Å². The Bertz CT molecular complexity index is 1030. The highest BCUT2D eigenvalue weighted by atomic mass is 35.5. The molecule has 0 fully saturated rings. The second-order valence-corrected chi connectivity index (χ2v) is 9.33. The molecule has 0 aromatic heterocycles. The Hall–Kier alpha value is -2.58. The summed E-state index contributed by atoms with van der Waals surface area (Å²) < 4.78 is 25.8. The molecule has 30 heavy (non-hydrogen) atoms. The number of sulfonamides is 1. The average molecular weight is 452 g/mol. The van der Waals surface area contributed by atoms with Crippen molar-refractivity contribution in [2.45, 2.75) is 26.4 Å². The third kappa shape index (κ3) is 5.96. The quantitative estimate of drug-likeness (QED) is 0.668. The molecule has 2 aromatic carbocycles. The van der Waals surface area contributed by atoms with E-state index in [2.05, 4.69) is 5.32 Å². The first kappa shape index (κ1) is 23.7. The molecule has 0 saturated heterocycles. The van der Waals surface area contributed by atoms with Crippen LogP contribution in [0.2, 0.25) is 5.02 Å². The number of likely N-dealkylation sites (N-methyl/N-ethyl adjacent to an activating group) is 1. The number of amides is 2. The van der Waals surface area contributed by atoms with Crippen LogP contribution in [0.15, 0.2) is 48.5 Å². The number of carbonyl (C=O) groups is 2. The molecule has 0 spiro atoms. The van der Waals surface area contributed by atoms with Crippen LogP contribution in [0.25, 0.3) is 0 Å². The number of aryl methyl sites for hydroxylation is 1. The molecule has 1 atom stereocenters. The lowest BCUT2D eigenvalue weighted by Crippen LogP contribution is -2.50. The van der Waals surface area contributed by atoms with E-state index < -0.39 is 28.5 Å². The summed E-state index contributed by atoms with van der Waals surface area (Å²) in [5, 5.41) is 2.89. The molecular weight excluding hydrogens is 426 g/mol. The molecule has 162 valence electrons. The lowest BCUT2D eigenvalue weighted by atomic mass is 10.1. The van der Waals surface area contributed by atoms with Gasteiger partial charge in [0.1, 0.15) is 12.6 Å². The van der Waals surface area contributed by atoms with Crippen LogP contribution in [0.3, 0.4) is 0 Å². The maximum absolute atomic E-state index is 13.2. The van der Waals surface area contributed by atoms with Crippen molar-refractivity contribution in [2.24, 2.45) is 0 Å². The number of nitrogens with one attached hydrogen (secondary N) is 1. The maximum atomic E-state index is 13.2. The Morgan fingerprint density at radius 2 is 1.80 bits per heavy atom. The van der Waals surface area contributed by atoms with E-state index in [-0.39, 0.29) is 18.1 Å². The SMILES string of the molecule is CNC(=O)C(C)N(Cc1ccccc1C)C(=O)CN(c1cccc(Cl)c1)S(C)(=O)=O. The maximum Gasteiger partial charge on any atom is 0.244 e. The number of halogens is 1. The third-order valence-electron chi connectivity index (χ3n) is 4.79. The fraction of sp³-hybridized carbons (Fsp3) is 0.333. The Labute approximate surface area is 182 Å². The highest BCUT2D eigenvalue weighted by Gasteiger charge is 2.29. The molecule has 0 heterocycles. The molecule has 1 N–H and O–H groups in total. The molecule has 2 aromatic rings. The molecule has 9 heteroatoms. The van der Waals surface area contributed by atoms with Gasteiger partial charge in [0.15, 0.2) is 0 Å². The summed E-state index contributed by atoms with van der Waals surface area (Å²) in [4.78, 5) is 26.9. The zero-order valence-corrected chi connectivity index (χ0v) is 19.0. The van der Waals surface area contributed by atoms with E-state index in [0.717, 1.165) is 21.7 Å². The topological polar surface area (TPSA) is 86.8 Å². The zero-order valence-electron chi connectivity index (χ0n) is 17.4. The summed E-state index contributed by atoms with van der Waals surface area (Å²) in [6, 6.07) is 13.0. The Kier molecular flexibility index (Phi) is 7.86. The van der Waals surface area contributed by atoms with Gasteiger partial charge in [0.05, 0.1) is 11.9 Å². The minimum atomic E-state index is -3.77. The number of rotatable bonds is 8. The molecule has 2 rings (SSSR count). The van der Waals surface area contributed by atoms with Gasteiger partial charge in [-0.3, -0.25) is 13.9 Å². The lowest BCUT2D eigenvalue weighted by Gasteiger charge is -2.31. The van der Waals surface area contributed by atoms with Crippen LogP contribution in [0, 0.1) is 6.92 Å². The van der Waals surface area contributed by atoms with Crippen molar-refractivity contribution in [3.05, 3.63) is 64.7 Å². The summed E-state index contributed by atoms with van der Waals surface area (Å²) in [7, 11) is -2.28. The number of anilines is 1. The van der Waals surface area contributed by atoms with Gasteiger partial charge in [-0.2, -0.15) is 0 Å². The molecule has 0 saturated carbocycles. The van der Waals surface area contributed by atoms with E-state index in [9.17, 15) is 18.0 Å². The second kappa shape index (κ2) is 9.95. The van der Waals surface area contributed by atoms with Gasteiger partial charge in [-0.25, -0.2) is 8.42 Å². The molecule has 0 aliphatic carbocycles. The molecular formula is C21H26ClN3O4S. The number of carbonyl (C=O) groups excluding carboxylic acids is 2. The van der Waals surface area contributed by atoms with Gasteiger partial charge in [-0.05, 0) is 43.2 Å². The van der Waals surface area contributed by atoms with E-state index in [1.165, 1.54) is 18.0 Å². The van der Waals surface area contributed by atoms with E-state index in [4.69, 9.17) is 11.6 Å². The highest BCUT2D eigenvalue weighted by Crippen LogP contribution is 2.22. The minimum Gasteiger partial charge on any atom is -0.357 e. The number of hydrogen-bond acceptors (Lipinski definition) is 4. The lowest BCUT2D eigenvalue weighted by molar-refractivity contribution is -0.139. The Balaban J connectivity index is 2.40. The van der Waals surface area contributed by atoms with Crippen LogP contribution in [-0.4, -0.2) is 51.0 Å². The van der Waals surface area contributed by atoms with E-state index >= 15 is 0 Å². The van der Waals surface area contributed by atoms with Crippen LogP contribution in [0.1, 0.15) is 18.1 Å². The van der Waals surface area contributed by atoms with Gasteiger partial charge in [0.25, 0.3) is 0 Å².